The summed E-state index contributed by atoms with van der Waals surface area (Å²) < 4.78 is 39.8. The van der Waals surface area contributed by atoms with Crippen LogP contribution in [0, 0.1) is 12.8 Å². The summed E-state index contributed by atoms with van der Waals surface area (Å²) in [5, 5.41) is 2.92. The molecule has 0 aromatic heterocycles. The van der Waals surface area contributed by atoms with Gasteiger partial charge < -0.3 is 10.2 Å². The molecule has 2 amide bonds. The monoisotopic (exact) mass is 462 g/mol. The molecular formula is C26H33F3N2O2. The van der Waals surface area contributed by atoms with Gasteiger partial charge in [-0.2, -0.15) is 13.2 Å². The summed E-state index contributed by atoms with van der Waals surface area (Å²) in [5.41, 5.74) is 0.551. The highest BCUT2D eigenvalue weighted by Gasteiger charge is 2.31. The van der Waals surface area contributed by atoms with E-state index in [0.29, 0.717) is 18.5 Å². The Morgan fingerprint density at radius 3 is 2.39 bits per heavy atom. The van der Waals surface area contributed by atoms with E-state index in [-0.39, 0.29) is 30.0 Å². The Morgan fingerprint density at radius 1 is 1.03 bits per heavy atom. The molecule has 0 fully saturated rings. The lowest BCUT2D eigenvalue weighted by Gasteiger charge is -2.25. The fourth-order valence-corrected chi connectivity index (χ4v) is 3.72. The Hall–Kier alpha value is -2.83. The maximum absolute atomic E-state index is 13.3. The maximum atomic E-state index is 13.3. The van der Waals surface area contributed by atoms with E-state index in [1.807, 2.05) is 6.92 Å². The van der Waals surface area contributed by atoms with E-state index in [1.165, 1.54) is 17.0 Å². The first kappa shape index (κ1) is 26.4. The maximum Gasteiger partial charge on any atom is 0.416 e. The van der Waals surface area contributed by atoms with E-state index in [0.717, 1.165) is 43.4 Å². The number of nitrogens with one attached hydrogen (secondary N) is 1. The van der Waals surface area contributed by atoms with Gasteiger partial charge in [0, 0.05) is 30.3 Å². The van der Waals surface area contributed by atoms with Gasteiger partial charge in [0.05, 0.1) is 5.56 Å². The van der Waals surface area contributed by atoms with Crippen LogP contribution in [0.1, 0.15) is 67.4 Å². The molecule has 0 bridgehead atoms. The molecule has 2 rings (SSSR count). The summed E-state index contributed by atoms with van der Waals surface area (Å²) in [6.45, 7) is 6.38. The first-order valence-corrected chi connectivity index (χ1v) is 11.5. The normalized spacial score (nSPS) is 12.3. The summed E-state index contributed by atoms with van der Waals surface area (Å²) in [6, 6.07) is 11.8. The molecule has 0 aliphatic heterocycles. The fourth-order valence-electron chi connectivity index (χ4n) is 3.72. The number of anilines is 1. The smallest absolute Gasteiger partial charge is 0.356 e. The lowest BCUT2D eigenvalue weighted by Crippen LogP contribution is -2.36. The van der Waals surface area contributed by atoms with Gasteiger partial charge in [0.15, 0.2) is 0 Å². The van der Waals surface area contributed by atoms with Gasteiger partial charge in [0.1, 0.15) is 0 Å². The van der Waals surface area contributed by atoms with Crippen molar-refractivity contribution < 1.29 is 22.8 Å². The van der Waals surface area contributed by atoms with Gasteiger partial charge in [-0.1, -0.05) is 51.0 Å². The molecular weight excluding hydrogens is 429 g/mol. The molecule has 0 saturated carbocycles. The Kier molecular flexibility index (Phi) is 9.95. The first-order chi connectivity index (χ1) is 15.7. The number of alkyl halides is 3. The summed E-state index contributed by atoms with van der Waals surface area (Å²) in [4.78, 5) is 27.1. The van der Waals surface area contributed by atoms with Crippen molar-refractivity contribution in [3.05, 3.63) is 65.2 Å². The highest BCUT2D eigenvalue weighted by atomic mass is 19.4. The zero-order chi connectivity index (χ0) is 24.4. The number of hydrogen-bond acceptors (Lipinski definition) is 2. The van der Waals surface area contributed by atoms with Crippen LogP contribution in [0.2, 0.25) is 0 Å². The predicted octanol–water partition coefficient (Wildman–Crippen LogP) is 6.38. The topological polar surface area (TPSA) is 49.4 Å². The molecule has 33 heavy (non-hydrogen) atoms. The molecule has 0 spiro atoms. The van der Waals surface area contributed by atoms with Crippen molar-refractivity contribution >= 4 is 17.5 Å². The highest BCUT2D eigenvalue weighted by molar-refractivity contribution is 6.07. The zero-order valence-electron chi connectivity index (χ0n) is 19.5. The van der Waals surface area contributed by atoms with Gasteiger partial charge in [0.25, 0.3) is 5.91 Å². The summed E-state index contributed by atoms with van der Waals surface area (Å²) >= 11 is 0. The molecule has 0 radical (unpaired) electrons. The predicted molar refractivity (Wildman–Crippen MR) is 125 cm³/mol. The largest absolute Gasteiger partial charge is 0.416 e. The molecule has 0 aliphatic carbocycles. The van der Waals surface area contributed by atoms with Crippen LogP contribution in [0.5, 0.6) is 0 Å². The Morgan fingerprint density at radius 2 is 1.76 bits per heavy atom. The molecule has 1 N–H and O–H groups in total. The van der Waals surface area contributed by atoms with Crippen molar-refractivity contribution in [3.8, 4) is 0 Å². The minimum Gasteiger partial charge on any atom is -0.356 e. The molecule has 2 aromatic carbocycles. The van der Waals surface area contributed by atoms with Crippen molar-refractivity contribution in [3.63, 3.8) is 0 Å². The summed E-state index contributed by atoms with van der Waals surface area (Å²) in [7, 11) is 0. The van der Waals surface area contributed by atoms with E-state index in [2.05, 4.69) is 12.2 Å². The molecule has 1 unspecified atom stereocenters. The third-order valence-electron chi connectivity index (χ3n) is 5.73. The average molecular weight is 463 g/mol. The number of carbonyl (C=O) groups excluding carboxylic acids is 2. The van der Waals surface area contributed by atoms with Crippen LogP contribution in [0.15, 0.2) is 48.5 Å². The molecule has 1 atom stereocenters. The number of benzene rings is 2. The highest BCUT2D eigenvalue weighted by Crippen LogP contribution is 2.32. The van der Waals surface area contributed by atoms with E-state index in [1.54, 1.807) is 31.2 Å². The minimum absolute atomic E-state index is 0.0122. The number of rotatable bonds is 11. The number of halogens is 3. The SMILES string of the molecule is CCCCC(CC)C(=O)NCCCN(C(=O)c1ccccc1C)c1cccc(C(F)(F)F)c1. The summed E-state index contributed by atoms with van der Waals surface area (Å²) in [6.07, 6.45) is -0.481. The zero-order valence-corrected chi connectivity index (χ0v) is 19.5. The number of hydrogen-bond donors (Lipinski definition) is 1. The molecule has 0 heterocycles. The van der Waals surface area contributed by atoms with Crippen molar-refractivity contribution in [2.24, 2.45) is 5.92 Å². The number of carbonyl (C=O) groups is 2. The van der Waals surface area contributed by atoms with Gasteiger partial charge in [-0.25, -0.2) is 0 Å². The van der Waals surface area contributed by atoms with Gasteiger partial charge in [-0.05, 0) is 56.0 Å². The second-order valence-corrected chi connectivity index (χ2v) is 8.21. The molecule has 0 saturated heterocycles. The van der Waals surface area contributed by atoms with Crippen molar-refractivity contribution in [2.45, 2.75) is 59.1 Å². The van der Waals surface area contributed by atoms with Gasteiger partial charge in [0.2, 0.25) is 5.91 Å². The lowest BCUT2D eigenvalue weighted by atomic mass is 9.98. The fraction of sp³-hybridized carbons (Fsp3) is 0.462. The Balaban J connectivity index is 2.16. The van der Waals surface area contributed by atoms with Gasteiger partial charge in [-0.15, -0.1) is 0 Å². The number of amides is 2. The molecule has 0 aliphatic rings. The van der Waals surface area contributed by atoms with Crippen molar-refractivity contribution in [2.75, 3.05) is 18.0 Å². The molecule has 4 nitrogen and oxygen atoms in total. The van der Waals surface area contributed by atoms with E-state index in [9.17, 15) is 22.8 Å². The average Bonchev–Trinajstić information content (AvgIpc) is 2.79. The van der Waals surface area contributed by atoms with Crippen molar-refractivity contribution in [1.29, 1.82) is 0 Å². The Labute approximate surface area is 194 Å². The quantitative estimate of drug-likeness (QED) is 0.394. The van der Waals surface area contributed by atoms with Gasteiger partial charge >= 0.3 is 6.18 Å². The Bertz CT molecular complexity index is 928. The lowest BCUT2D eigenvalue weighted by molar-refractivity contribution is -0.137. The van der Waals surface area contributed by atoms with Crippen LogP contribution in [0.4, 0.5) is 18.9 Å². The number of aryl methyl sites for hydroxylation is 1. The van der Waals surface area contributed by atoms with Crippen molar-refractivity contribution in [1.82, 2.24) is 5.32 Å². The van der Waals surface area contributed by atoms with Crippen LogP contribution in [0.25, 0.3) is 0 Å². The van der Waals surface area contributed by atoms with E-state index >= 15 is 0 Å². The van der Waals surface area contributed by atoms with Gasteiger partial charge in [-0.3, -0.25) is 9.59 Å². The minimum atomic E-state index is -4.50. The summed E-state index contributed by atoms with van der Waals surface area (Å²) in [5.74, 6) is -0.423. The number of nitrogens with zero attached hydrogens (tertiary/aromatic N) is 1. The molecule has 180 valence electrons. The standard InChI is InChI=1S/C26H33F3N2O2/c1-4-6-12-20(5-2)24(32)30-16-10-17-31(25(33)23-15-8-7-11-19(23)3)22-14-9-13-21(18-22)26(27,28)29/h7-9,11,13-15,18,20H,4-6,10,12,16-17H2,1-3H3,(H,30,32). The third kappa shape index (κ3) is 7.62. The van der Waals surface area contributed by atoms with Crippen LogP contribution < -0.4 is 10.2 Å². The van der Waals surface area contributed by atoms with Crippen LogP contribution in [-0.4, -0.2) is 24.9 Å². The van der Waals surface area contributed by atoms with E-state index in [4.69, 9.17) is 0 Å². The number of unbranched alkanes of at least 4 members (excludes halogenated alkanes) is 1. The molecule has 2 aromatic rings. The van der Waals surface area contributed by atoms with Crippen LogP contribution in [0.3, 0.4) is 0 Å². The van der Waals surface area contributed by atoms with E-state index < -0.39 is 11.7 Å². The third-order valence-corrected chi connectivity index (χ3v) is 5.73. The van der Waals surface area contributed by atoms with Crippen LogP contribution >= 0.6 is 0 Å². The second-order valence-electron chi connectivity index (χ2n) is 8.21. The molecule has 7 heteroatoms. The first-order valence-electron chi connectivity index (χ1n) is 11.5. The second kappa shape index (κ2) is 12.4. The van der Waals surface area contributed by atoms with Crippen LogP contribution in [-0.2, 0) is 11.0 Å².